The average Bonchev–Trinajstić information content (AvgIpc) is 3.07. The maximum Gasteiger partial charge on any atom is 0.290 e. The Bertz CT molecular complexity index is 1290. The molecule has 1 unspecified atom stereocenters. The van der Waals surface area contributed by atoms with E-state index in [2.05, 4.69) is 0 Å². The molecule has 1 aliphatic rings. The fourth-order valence-electron chi connectivity index (χ4n) is 4.67. The van der Waals surface area contributed by atoms with Gasteiger partial charge in [0.1, 0.15) is 5.58 Å². The van der Waals surface area contributed by atoms with Crippen LogP contribution in [0.25, 0.3) is 11.0 Å². The molecule has 0 radical (unpaired) electrons. The third-order valence-electron chi connectivity index (χ3n) is 6.13. The Morgan fingerprint density at radius 2 is 1.76 bits per heavy atom. The third-order valence-corrected chi connectivity index (χ3v) is 6.13. The highest BCUT2D eigenvalue weighted by molar-refractivity contribution is 5.99. The van der Waals surface area contributed by atoms with Crippen molar-refractivity contribution in [3.63, 3.8) is 0 Å². The van der Waals surface area contributed by atoms with Gasteiger partial charge in [0.05, 0.1) is 37.3 Å². The monoisotopic (exact) mass is 465 g/mol. The number of amides is 1. The molecule has 4 rings (SSSR count). The number of hydrogen-bond acceptors (Lipinski definition) is 6. The van der Waals surface area contributed by atoms with Crippen LogP contribution in [0, 0.1) is 13.8 Å². The molecule has 34 heavy (non-hydrogen) atoms. The molecule has 0 saturated heterocycles. The van der Waals surface area contributed by atoms with E-state index in [0.29, 0.717) is 47.6 Å². The number of rotatable bonds is 8. The SMILES string of the molecule is COc1ccc(C2c3c(oc4cc(C)cc(C)c4c3=O)C(=O)N2CCCOC(C)C)cc1OC. The predicted molar refractivity (Wildman–Crippen MR) is 130 cm³/mol. The summed E-state index contributed by atoms with van der Waals surface area (Å²) in [6.45, 7) is 8.71. The lowest BCUT2D eigenvalue weighted by Gasteiger charge is -2.26. The Labute approximate surface area is 199 Å². The van der Waals surface area contributed by atoms with Crippen molar-refractivity contribution in [2.24, 2.45) is 0 Å². The number of aryl methyl sites for hydroxylation is 2. The van der Waals surface area contributed by atoms with Gasteiger partial charge in [0.2, 0.25) is 5.76 Å². The number of hydrogen-bond donors (Lipinski definition) is 0. The van der Waals surface area contributed by atoms with Crippen molar-refractivity contribution < 1.29 is 23.4 Å². The molecule has 0 spiro atoms. The van der Waals surface area contributed by atoms with Crippen LogP contribution in [0.15, 0.2) is 39.5 Å². The maximum absolute atomic E-state index is 13.8. The second-order valence-electron chi connectivity index (χ2n) is 8.92. The summed E-state index contributed by atoms with van der Waals surface area (Å²) < 4.78 is 22.7. The Morgan fingerprint density at radius 1 is 1.03 bits per heavy atom. The predicted octanol–water partition coefficient (Wildman–Crippen LogP) is 4.79. The van der Waals surface area contributed by atoms with Gasteiger partial charge < -0.3 is 23.5 Å². The number of carbonyl (C=O) groups excluding carboxylic acids is 1. The molecule has 180 valence electrons. The van der Waals surface area contributed by atoms with E-state index in [1.807, 2.05) is 52.0 Å². The minimum Gasteiger partial charge on any atom is -0.493 e. The number of ether oxygens (including phenoxy) is 3. The lowest BCUT2D eigenvalue weighted by atomic mass is 9.96. The topological polar surface area (TPSA) is 78.2 Å². The zero-order valence-corrected chi connectivity index (χ0v) is 20.6. The number of carbonyl (C=O) groups is 1. The van der Waals surface area contributed by atoms with E-state index in [0.717, 1.165) is 16.7 Å². The first-order valence-electron chi connectivity index (χ1n) is 11.5. The summed E-state index contributed by atoms with van der Waals surface area (Å²) in [6.07, 6.45) is 0.737. The fourth-order valence-corrected chi connectivity index (χ4v) is 4.67. The van der Waals surface area contributed by atoms with Crippen LogP contribution in [0.5, 0.6) is 11.5 Å². The highest BCUT2D eigenvalue weighted by Crippen LogP contribution is 2.41. The van der Waals surface area contributed by atoms with Gasteiger partial charge in [-0.25, -0.2) is 0 Å². The first-order valence-corrected chi connectivity index (χ1v) is 11.5. The van der Waals surface area contributed by atoms with Crippen molar-refractivity contribution in [3.8, 4) is 11.5 Å². The molecule has 1 aliphatic heterocycles. The Hall–Kier alpha value is -3.32. The van der Waals surface area contributed by atoms with E-state index in [-0.39, 0.29) is 23.2 Å². The molecular formula is C27H31NO6. The second-order valence-corrected chi connectivity index (χ2v) is 8.92. The van der Waals surface area contributed by atoms with Crippen molar-refractivity contribution >= 4 is 16.9 Å². The third kappa shape index (κ3) is 4.16. The van der Waals surface area contributed by atoms with Crippen molar-refractivity contribution in [1.29, 1.82) is 0 Å². The first-order chi connectivity index (χ1) is 16.3. The van der Waals surface area contributed by atoms with Crippen molar-refractivity contribution in [2.75, 3.05) is 27.4 Å². The summed E-state index contributed by atoms with van der Waals surface area (Å²) >= 11 is 0. The quantitative estimate of drug-likeness (QED) is 0.445. The van der Waals surface area contributed by atoms with Crippen LogP contribution in [0.2, 0.25) is 0 Å². The van der Waals surface area contributed by atoms with Gasteiger partial charge >= 0.3 is 0 Å². The smallest absolute Gasteiger partial charge is 0.290 e. The lowest BCUT2D eigenvalue weighted by molar-refractivity contribution is 0.0593. The number of methoxy groups -OCH3 is 2. The summed E-state index contributed by atoms with van der Waals surface area (Å²) in [7, 11) is 3.13. The fraction of sp³-hybridized carbons (Fsp3) is 0.407. The van der Waals surface area contributed by atoms with Crippen LogP contribution in [0.4, 0.5) is 0 Å². The van der Waals surface area contributed by atoms with Gasteiger partial charge in [0.25, 0.3) is 5.91 Å². The minimum atomic E-state index is -0.595. The van der Waals surface area contributed by atoms with E-state index < -0.39 is 6.04 Å². The van der Waals surface area contributed by atoms with E-state index in [9.17, 15) is 9.59 Å². The van der Waals surface area contributed by atoms with E-state index in [1.165, 1.54) is 0 Å². The van der Waals surface area contributed by atoms with Gasteiger partial charge in [-0.15, -0.1) is 0 Å². The molecule has 3 aromatic rings. The van der Waals surface area contributed by atoms with Gasteiger partial charge in [-0.3, -0.25) is 9.59 Å². The van der Waals surface area contributed by atoms with Crippen LogP contribution in [-0.4, -0.2) is 44.3 Å². The summed E-state index contributed by atoms with van der Waals surface area (Å²) in [5.74, 6) is 0.912. The van der Waals surface area contributed by atoms with E-state index >= 15 is 0 Å². The summed E-state index contributed by atoms with van der Waals surface area (Å²) in [6, 6.07) is 8.62. The van der Waals surface area contributed by atoms with Crippen LogP contribution in [0.1, 0.15) is 59.1 Å². The Kier molecular flexibility index (Phi) is 6.66. The molecule has 1 amide bonds. The Balaban J connectivity index is 1.88. The van der Waals surface area contributed by atoms with Gasteiger partial charge in [-0.05, 0) is 69.0 Å². The van der Waals surface area contributed by atoms with Crippen LogP contribution in [-0.2, 0) is 4.74 Å². The van der Waals surface area contributed by atoms with Gasteiger partial charge in [-0.2, -0.15) is 0 Å². The van der Waals surface area contributed by atoms with E-state index in [4.69, 9.17) is 18.6 Å². The number of nitrogens with zero attached hydrogens (tertiary/aromatic N) is 1. The second kappa shape index (κ2) is 9.50. The first kappa shape index (κ1) is 23.8. The molecule has 7 heteroatoms. The van der Waals surface area contributed by atoms with Gasteiger partial charge in [0, 0.05) is 13.2 Å². The normalized spacial score (nSPS) is 15.3. The number of benzene rings is 2. The molecule has 0 fully saturated rings. The van der Waals surface area contributed by atoms with E-state index in [1.54, 1.807) is 25.2 Å². The molecule has 0 aliphatic carbocycles. The zero-order valence-electron chi connectivity index (χ0n) is 20.6. The maximum atomic E-state index is 13.8. The van der Waals surface area contributed by atoms with Crippen LogP contribution < -0.4 is 14.9 Å². The van der Waals surface area contributed by atoms with Crippen molar-refractivity contribution in [1.82, 2.24) is 4.90 Å². The van der Waals surface area contributed by atoms with Gasteiger partial charge in [-0.1, -0.05) is 12.1 Å². The molecule has 2 aromatic carbocycles. The highest BCUT2D eigenvalue weighted by atomic mass is 16.5. The summed E-state index contributed by atoms with van der Waals surface area (Å²) in [5, 5.41) is 0.507. The molecule has 0 saturated carbocycles. The lowest BCUT2D eigenvalue weighted by Crippen LogP contribution is -2.31. The average molecular weight is 466 g/mol. The van der Waals surface area contributed by atoms with Gasteiger partial charge in [0.15, 0.2) is 16.9 Å². The molecule has 1 atom stereocenters. The largest absolute Gasteiger partial charge is 0.493 e. The molecule has 0 N–H and O–H groups in total. The highest BCUT2D eigenvalue weighted by Gasteiger charge is 2.42. The molecule has 1 aromatic heterocycles. The van der Waals surface area contributed by atoms with Crippen LogP contribution in [0.3, 0.4) is 0 Å². The minimum absolute atomic E-state index is 0.104. The molecule has 7 nitrogen and oxygen atoms in total. The van der Waals surface area contributed by atoms with Crippen molar-refractivity contribution in [2.45, 2.75) is 46.3 Å². The van der Waals surface area contributed by atoms with Crippen molar-refractivity contribution in [3.05, 3.63) is 68.6 Å². The molecule has 0 bridgehead atoms. The standard InChI is InChI=1S/C27H31NO6/c1-15(2)33-11-7-10-28-24(18-8-9-19(31-5)20(14-18)32-6)23-25(29)22-17(4)12-16(3)13-21(22)34-26(23)27(28)30/h8-9,12-15,24H,7,10-11H2,1-6H3. The molecular weight excluding hydrogens is 434 g/mol. The summed E-state index contributed by atoms with van der Waals surface area (Å²) in [5.41, 5.74) is 3.17. The molecule has 2 heterocycles. The zero-order chi connectivity index (χ0) is 24.6. The van der Waals surface area contributed by atoms with Crippen LogP contribution >= 0.6 is 0 Å². The summed E-state index contributed by atoms with van der Waals surface area (Å²) in [4.78, 5) is 29.0. The Morgan fingerprint density at radius 3 is 2.44 bits per heavy atom. The number of fused-ring (bicyclic) bond motifs is 2.